The fourth-order valence-electron chi connectivity index (χ4n) is 1.45. The number of carbonyl (C=O) groups excluding carboxylic acids is 1. The first-order valence-electron chi connectivity index (χ1n) is 4.82. The number of rotatable bonds is 2. The van der Waals surface area contributed by atoms with Crippen LogP contribution in [0.2, 0.25) is 15.1 Å². The summed E-state index contributed by atoms with van der Waals surface area (Å²) in [4.78, 5) is 14.4. The predicted octanol–water partition coefficient (Wildman–Crippen LogP) is 4.23. The number of aldehydes is 1. The number of carbonyl (C=O) groups is 1. The van der Waals surface area contributed by atoms with Crippen LogP contribution in [0, 0.1) is 0 Å². The van der Waals surface area contributed by atoms with Crippen molar-refractivity contribution in [2.75, 3.05) is 0 Å². The summed E-state index contributed by atoms with van der Waals surface area (Å²) in [6, 6.07) is 4.47. The molecule has 0 aliphatic carbocycles. The van der Waals surface area contributed by atoms with Crippen LogP contribution in [0.4, 0.5) is 0 Å². The third-order valence-electron chi connectivity index (χ3n) is 2.33. The molecule has 2 rings (SSSR count). The molecule has 0 saturated heterocycles. The van der Waals surface area contributed by atoms with Crippen molar-refractivity contribution in [2.45, 2.75) is 0 Å². The van der Waals surface area contributed by atoms with Crippen LogP contribution in [0.5, 0.6) is 5.75 Å². The van der Waals surface area contributed by atoms with Gasteiger partial charge in [-0.05, 0) is 18.2 Å². The second-order valence-corrected chi connectivity index (χ2v) is 4.71. The van der Waals surface area contributed by atoms with Gasteiger partial charge in [-0.15, -0.1) is 0 Å². The molecule has 1 heterocycles. The molecule has 6 heteroatoms. The molecule has 0 unspecified atom stereocenters. The van der Waals surface area contributed by atoms with Crippen molar-refractivity contribution in [3.63, 3.8) is 0 Å². The van der Waals surface area contributed by atoms with Crippen LogP contribution in [-0.4, -0.2) is 16.4 Å². The Kier molecular flexibility index (Phi) is 3.76. The van der Waals surface area contributed by atoms with E-state index in [9.17, 15) is 9.90 Å². The van der Waals surface area contributed by atoms with E-state index < -0.39 is 0 Å². The molecule has 0 fully saturated rings. The third-order valence-corrected chi connectivity index (χ3v) is 3.36. The van der Waals surface area contributed by atoms with Crippen molar-refractivity contribution >= 4 is 41.1 Å². The van der Waals surface area contributed by atoms with Crippen LogP contribution in [0.25, 0.3) is 11.1 Å². The molecular formula is C12H6Cl3NO2. The van der Waals surface area contributed by atoms with Gasteiger partial charge in [-0.2, -0.15) is 0 Å². The predicted molar refractivity (Wildman–Crippen MR) is 71.8 cm³/mol. The van der Waals surface area contributed by atoms with E-state index in [4.69, 9.17) is 34.8 Å². The standard InChI is InChI=1S/C12H6Cl3NO2/c13-8-3-10(15)9(14)2-7(8)6-1-12(18)11(5-17)16-4-6/h1-5,18H. The summed E-state index contributed by atoms with van der Waals surface area (Å²) >= 11 is 17.8. The van der Waals surface area contributed by atoms with Crippen LogP contribution < -0.4 is 0 Å². The molecule has 0 saturated carbocycles. The van der Waals surface area contributed by atoms with E-state index in [1.54, 1.807) is 6.07 Å². The molecule has 2 aromatic rings. The molecular weight excluding hydrogens is 296 g/mol. The molecule has 0 atom stereocenters. The number of nitrogens with zero attached hydrogens (tertiary/aromatic N) is 1. The lowest BCUT2D eigenvalue weighted by Gasteiger charge is -2.07. The van der Waals surface area contributed by atoms with Gasteiger partial charge in [-0.1, -0.05) is 34.8 Å². The number of pyridine rings is 1. The maximum atomic E-state index is 10.6. The Hall–Kier alpha value is -1.29. The van der Waals surface area contributed by atoms with Crippen LogP contribution >= 0.6 is 34.8 Å². The Bertz CT molecular complexity index is 629. The first-order chi connectivity index (χ1) is 8.52. The largest absolute Gasteiger partial charge is 0.506 e. The lowest BCUT2D eigenvalue weighted by Crippen LogP contribution is -1.89. The first kappa shape index (κ1) is 13.1. The zero-order valence-electron chi connectivity index (χ0n) is 8.82. The van der Waals surface area contributed by atoms with Crippen LogP contribution in [-0.2, 0) is 0 Å². The van der Waals surface area contributed by atoms with Gasteiger partial charge in [0.05, 0.1) is 15.1 Å². The Balaban J connectivity index is 2.58. The quantitative estimate of drug-likeness (QED) is 0.667. The van der Waals surface area contributed by atoms with Crippen molar-refractivity contribution in [1.29, 1.82) is 0 Å². The van der Waals surface area contributed by atoms with E-state index in [0.29, 0.717) is 32.5 Å². The molecule has 0 bridgehead atoms. The van der Waals surface area contributed by atoms with E-state index in [2.05, 4.69) is 4.98 Å². The second kappa shape index (κ2) is 5.14. The number of hydrogen-bond acceptors (Lipinski definition) is 3. The molecule has 0 aliphatic heterocycles. The number of aromatic hydroxyl groups is 1. The van der Waals surface area contributed by atoms with Gasteiger partial charge >= 0.3 is 0 Å². The topological polar surface area (TPSA) is 50.2 Å². The number of hydrogen-bond donors (Lipinski definition) is 1. The fourth-order valence-corrected chi connectivity index (χ4v) is 2.10. The monoisotopic (exact) mass is 301 g/mol. The highest BCUT2D eigenvalue weighted by atomic mass is 35.5. The number of halogens is 3. The van der Waals surface area contributed by atoms with Crippen molar-refractivity contribution in [2.24, 2.45) is 0 Å². The zero-order valence-corrected chi connectivity index (χ0v) is 11.1. The molecule has 0 radical (unpaired) electrons. The summed E-state index contributed by atoms with van der Waals surface area (Å²) in [7, 11) is 0. The Labute approximate surface area is 118 Å². The summed E-state index contributed by atoms with van der Waals surface area (Å²) in [6.45, 7) is 0. The van der Waals surface area contributed by atoms with Crippen molar-refractivity contribution in [3.8, 4) is 16.9 Å². The third kappa shape index (κ3) is 2.43. The zero-order chi connectivity index (χ0) is 13.3. The molecule has 1 N–H and O–H groups in total. The molecule has 1 aromatic carbocycles. The summed E-state index contributed by atoms with van der Waals surface area (Å²) in [5, 5.41) is 10.6. The fraction of sp³-hybridized carbons (Fsp3) is 0. The molecule has 18 heavy (non-hydrogen) atoms. The van der Waals surface area contributed by atoms with Crippen molar-refractivity contribution in [3.05, 3.63) is 45.2 Å². The van der Waals surface area contributed by atoms with Crippen LogP contribution in [0.15, 0.2) is 24.4 Å². The Morgan fingerprint density at radius 3 is 2.33 bits per heavy atom. The van der Waals surface area contributed by atoms with Crippen LogP contribution in [0.3, 0.4) is 0 Å². The lowest BCUT2D eigenvalue weighted by molar-refractivity contribution is 0.111. The second-order valence-electron chi connectivity index (χ2n) is 3.49. The summed E-state index contributed by atoms with van der Waals surface area (Å²) in [5.41, 5.74) is 1.09. The Morgan fingerprint density at radius 2 is 1.72 bits per heavy atom. The van der Waals surface area contributed by atoms with Gasteiger partial charge in [0.25, 0.3) is 0 Å². The highest BCUT2D eigenvalue weighted by Gasteiger charge is 2.11. The van der Waals surface area contributed by atoms with E-state index >= 15 is 0 Å². The normalized spacial score (nSPS) is 10.4. The van der Waals surface area contributed by atoms with Gasteiger partial charge in [0, 0.05) is 17.3 Å². The van der Waals surface area contributed by atoms with Crippen LogP contribution in [0.1, 0.15) is 10.5 Å². The first-order valence-corrected chi connectivity index (χ1v) is 5.95. The minimum absolute atomic E-state index is 0.0325. The summed E-state index contributed by atoms with van der Waals surface area (Å²) < 4.78 is 0. The van der Waals surface area contributed by atoms with Crippen molar-refractivity contribution < 1.29 is 9.90 Å². The molecule has 0 amide bonds. The van der Waals surface area contributed by atoms with Crippen molar-refractivity contribution in [1.82, 2.24) is 4.98 Å². The molecule has 92 valence electrons. The van der Waals surface area contributed by atoms with E-state index in [0.717, 1.165) is 0 Å². The highest BCUT2D eigenvalue weighted by Crippen LogP contribution is 2.36. The highest BCUT2D eigenvalue weighted by molar-refractivity contribution is 6.44. The minimum Gasteiger partial charge on any atom is -0.506 e. The SMILES string of the molecule is O=Cc1ncc(-c2cc(Cl)c(Cl)cc2Cl)cc1O. The lowest BCUT2D eigenvalue weighted by atomic mass is 10.1. The van der Waals surface area contributed by atoms with Gasteiger partial charge in [-0.25, -0.2) is 4.98 Å². The molecule has 3 nitrogen and oxygen atoms in total. The van der Waals surface area contributed by atoms with Gasteiger partial charge in [-0.3, -0.25) is 4.79 Å². The van der Waals surface area contributed by atoms with E-state index in [1.807, 2.05) is 0 Å². The smallest absolute Gasteiger partial charge is 0.172 e. The summed E-state index contributed by atoms with van der Waals surface area (Å²) in [5.74, 6) is -0.218. The maximum Gasteiger partial charge on any atom is 0.172 e. The molecule has 1 aromatic heterocycles. The van der Waals surface area contributed by atoms with Gasteiger partial charge in [0.15, 0.2) is 6.29 Å². The molecule has 0 spiro atoms. The molecule has 0 aliphatic rings. The maximum absolute atomic E-state index is 10.6. The summed E-state index contributed by atoms with van der Waals surface area (Å²) in [6.07, 6.45) is 1.89. The average Bonchev–Trinajstić information content (AvgIpc) is 2.33. The number of aromatic nitrogens is 1. The van der Waals surface area contributed by atoms with Gasteiger partial charge in [0.1, 0.15) is 11.4 Å². The minimum atomic E-state index is -0.218. The Morgan fingerprint density at radius 1 is 1.06 bits per heavy atom. The van der Waals surface area contributed by atoms with Gasteiger partial charge in [0.2, 0.25) is 0 Å². The van der Waals surface area contributed by atoms with E-state index in [-0.39, 0.29) is 11.4 Å². The number of benzene rings is 1. The van der Waals surface area contributed by atoms with Gasteiger partial charge < -0.3 is 5.11 Å². The van der Waals surface area contributed by atoms with E-state index in [1.165, 1.54) is 18.3 Å². The average molecular weight is 303 g/mol.